The van der Waals surface area contributed by atoms with E-state index < -0.39 is 0 Å². The number of nitrogens with zero attached hydrogens (tertiary/aromatic N) is 1. The Morgan fingerprint density at radius 1 is 1.47 bits per heavy atom. The van der Waals surface area contributed by atoms with Crippen LogP contribution < -0.4 is 5.32 Å². The Morgan fingerprint density at radius 3 is 2.82 bits per heavy atom. The van der Waals surface area contributed by atoms with Crippen LogP contribution in [0.4, 0.5) is 0 Å². The fraction of sp³-hybridized carbons (Fsp3) is 0.462. The van der Waals surface area contributed by atoms with Gasteiger partial charge >= 0.3 is 0 Å². The van der Waals surface area contributed by atoms with Gasteiger partial charge in [-0.1, -0.05) is 6.92 Å². The van der Waals surface area contributed by atoms with Crippen LogP contribution in [0, 0.1) is 13.8 Å². The Bertz CT molecular complexity index is 475. The molecule has 1 atom stereocenters. The second-order valence-electron chi connectivity index (χ2n) is 4.10. The van der Waals surface area contributed by atoms with E-state index in [1.807, 2.05) is 19.9 Å². The number of hydrogen-bond acceptors (Lipinski definition) is 4. The van der Waals surface area contributed by atoms with Crippen LogP contribution in [-0.2, 0) is 6.42 Å². The van der Waals surface area contributed by atoms with Crippen LogP contribution in [0.15, 0.2) is 22.1 Å². The summed E-state index contributed by atoms with van der Waals surface area (Å²) in [5.41, 5.74) is 2.39. The molecule has 0 saturated carbocycles. The third-order valence-electron chi connectivity index (χ3n) is 2.80. The van der Waals surface area contributed by atoms with Gasteiger partial charge in [0.1, 0.15) is 5.76 Å². The van der Waals surface area contributed by atoms with E-state index in [1.54, 1.807) is 17.6 Å². The Labute approximate surface area is 106 Å². The highest BCUT2D eigenvalue weighted by Crippen LogP contribution is 2.23. The number of hydrogen-bond donors (Lipinski definition) is 1. The smallest absolute Gasteiger partial charge is 0.105 e. The van der Waals surface area contributed by atoms with Crippen LogP contribution in [0.1, 0.15) is 35.0 Å². The van der Waals surface area contributed by atoms with Gasteiger partial charge in [-0.15, -0.1) is 11.3 Å². The van der Waals surface area contributed by atoms with E-state index >= 15 is 0 Å². The van der Waals surface area contributed by atoms with Crippen molar-refractivity contribution in [2.75, 3.05) is 6.54 Å². The van der Waals surface area contributed by atoms with E-state index in [9.17, 15) is 0 Å². The minimum absolute atomic E-state index is 0.292. The average molecular weight is 250 g/mol. The largest absolute Gasteiger partial charge is 0.469 e. The van der Waals surface area contributed by atoms with Crippen molar-refractivity contribution >= 4 is 11.3 Å². The van der Waals surface area contributed by atoms with Crippen molar-refractivity contribution in [3.05, 3.63) is 39.7 Å². The van der Waals surface area contributed by atoms with Gasteiger partial charge in [0.15, 0.2) is 0 Å². The average Bonchev–Trinajstić information content (AvgIpc) is 2.87. The molecule has 2 rings (SSSR count). The fourth-order valence-corrected chi connectivity index (χ4v) is 2.63. The summed E-state index contributed by atoms with van der Waals surface area (Å²) in [6.07, 6.45) is 2.67. The molecular weight excluding hydrogens is 232 g/mol. The van der Waals surface area contributed by atoms with Crippen molar-refractivity contribution in [2.45, 2.75) is 33.2 Å². The number of likely N-dealkylation sites (N-methyl/N-ethyl adjacent to an activating group) is 1. The summed E-state index contributed by atoms with van der Waals surface area (Å²) < 4.78 is 5.38. The van der Waals surface area contributed by atoms with Crippen LogP contribution >= 0.6 is 11.3 Å². The first-order valence-corrected chi connectivity index (χ1v) is 6.77. The van der Waals surface area contributed by atoms with Gasteiger partial charge in [-0.3, -0.25) is 0 Å². The van der Waals surface area contributed by atoms with Gasteiger partial charge in [-0.05, 0) is 26.5 Å². The molecular formula is C13H18N2OS. The molecule has 4 heteroatoms. The topological polar surface area (TPSA) is 38.1 Å². The van der Waals surface area contributed by atoms with Crippen LogP contribution in [0.3, 0.4) is 0 Å². The summed E-state index contributed by atoms with van der Waals surface area (Å²) in [5.74, 6) is 0.989. The molecule has 17 heavy (non-hydrogen) atoms. The van der Waals surface area contributed by atoms with Crippen molar-refractivity contribution in [2.24, 2.45) is 0 Å². The fourth-order valence-electron chi connectivity index (χ4n) is 2.01. The molecule has 0 aliphatic heterocycles. The zero-order valence-corrected chi connectivity index (χ0v) is 11.3. The number of aryl methyl sites for hydroxylation is 2. The molecule has 2 heterocycles. The Kier molecular flexibility index (Phi) is 3.97. The predicted molar refractivity (Wildman–Crippen MR) is 70.4 cm³/mol. The van der Waals surface area contributed by atoms with Gasteiger partial charge < -0.3 is 9.73 Å². The highest BCUT2D eigenvalue weighted by Gasteiger charge is 2.16. The summed E-state index contributed by atoms with van der Waals surface area (Å²) >= 11 is 1.70. The van der Waals surface area contributed by atoms with Gasteiger partial charge in [0, 0.05) is 23.4 Å². The second kappa shape index (κ2) is 5.47. The van der Waals surface area contributed by atoms with Gasteiger partial charge in [-0.25, -0.2) is 4.98 Å². The van der Waals surface area contributed by atoms with E-state index in [-0.39, 0.29) is 0 Å². The molecule has 3 nitrogen and oxygen atoms in total. The lowest BCUT2D eigenvalue weighted by Crippen LogP contribution is -2.23. The molecule has 2 aromatic heterocycles. The zero-order chi connectivity index (χ0) is 12.3. The van der Waals surface area contributed by atoms with Crippen molar-refractivity contribution in [3.63, 3.8) is 0 Å². The Balaban J connectivity index is 2.15. The lowest BCUT2D eigenvalue weighted by atomic mass is 10.0. The first kappa shape index (κ1) is 12.3. The number of furan rings is 1. The summed E-state index contributed by atoms with van der Waals surface area (Å²) in [4.78, 5) is 4.52. The molecule has 0 aromatic carbocycles. The molecule has 0 spiro atoms. The molecule has 1 N–H and O–H groups in total. The third-order valence-corrected chi connectivity index (χ3v) is 3.63. The van der Waals surface area contributed by atoms with E-state index in [2.05, 4.69) is 22.6 Å². The maximum Gasteiger partial charge on any atom is 0.105 e. The lowest BCUT2D eigenvalue weighted by Gasteiger charge is -2.16. The molecule has 92 valence electrons. The molecule has 1 unspecified atom stereocenters. The Morgan fingerprint density at radius 2 is 2.29 bits per heavy atom. The van der Waals surface area contributed by atoms with Gasteiger partial charge in [-0.2, -0.15) is 0 Å². The first-order valence-electron chi connectivity index (χ1n) is 5.89. The maximum atomic E-state index is 5.38. The van der Waals surface area contributed by atoms with Gasteiger partial charge in [0.25, 0.3) is 0 Å². The SMILES string of the molecule is CCNC(Cc1csc(C)n1)c1ccoc1C. The molecule has 2 aromatic rings. The molecule has 0 amide bonds. The highest BCUT2D eigenvalue weighted by molar-refractivity contribution is 7.09. The second-order valence-corrected chi connectivity index (χ2v) is 5.17. The van der Waals surface area contributed by atoms with E-state index in [0.717, 1.165) is 29.4 Å². The lowest BCUT2D eigenvalue weighted by molar-refractivity contribution is 0.500. The minimum Gasteiger partial charge on any atom is -0.469 e. The van der Waals surface area contributed by atoms with Crippen molar-refractivity contribution < 1.29 is 4.42 Å². The summed E-state index contributed by atoms with van der Waals surface area (Å²) in [7, 11) is 0. The zero-order valence-electron chi connectivity index (χ0n) is 10.5. The highest BCUT2D eigenvalue weighted by atomic mass is 32.1. The molecule has 0 radical (unpaired) electrons. The molecule has 0 aliphatic rings. The summed E-state index contributed by atoms with van der Waals surface area (Å²) in [5, 5.41) is 6.75. The summed E-state index contributed by atoms with van der Waals surface area (Å²) in [6.45, 7) is 7.11. The first-order chi connectivity index (χ1) is 8.20. The van der Waals surface area contributed by atoms with Crippen molar-refractivity contribution in [3.8, 4) is 0 Å². The van der Waals surface area contributed by atoms with E-state index in [1.165, 1.54) is 5.56 Å². The number of nitrogens with one attached hydrogen (secondary N) is 1. The van der Waals surface area contributed by atoms with Crippen LogP contribution in [0.25, 0.3) is 0 Å². The normalized spacial score (nSPS) is 12.9. The molecule has 0 saturated heterocycles. The number of thiazole rings is 1. The standard InChI is InChI=1S/C13H18N2OS/c1-4-14-13(12-5-6-16-9(12)2)7-11-8-17-10(3)15-11/h5-6,8,13-14H,4,7H2,1-3H3. The molecule has 0 bridgehead atoms. The minimum atomic E-state index is 0.292. The maximum absolute atomic E-state index is 5.38. The monoisotopic (exact) mass is 250 g/mol. The van der Waals surface area contributed by atoms with Gasteiger partial charge in [0.05, 0.1) is 17.0 Å². The Hall–Kier alpha value is -1.13. The molecule has 0 fully saturated rings. The third kappa shape index (κ3) is 2.96. The summed E-state index contributed by atoms with van der Waals surface area (Å²) in [6, 6.07) is 2.34. The predicted octanol–water partition coefficient (Wildman–Crippen LogP) is 3.25. The van der Waals surface area contributed by atoms with Crippen LogP contribution in [0.5, 0.6) is 0 Å². The van der Waals surface area contributed by atoms with Crippen LogP contribution in [-0.4, -0.2) is 11.5 Å². The van der Waals surface area contributed by atoms with E-state index in [4.69, 9.17) is 4.42 Å². The van der Waals surface area contributed by atoms with Crippen molar-refractivity contribution in [1.29, 1.82) is 0 Å². The van der Waals surface area contributed by atoms with Gasteiger partial charge in [0.2, 0.25) is 0 Å². The number of rotatable bonds is 5. The quantitative estimate of drug-likeness (QED) is 0.885. The van der Waals surface area contributed by atoms with Crippen LogP contribution in [0.2, 0.25) is 0 Å². The molecule has 0 aliphatic carbocycles. The van der Waals surface area contributed by atoms with E-state index in [0.29, 0.717) is 6.04 Å². The van der Waals surface area contributed by atoms with Crippen molar-refractivity contribution in [1.82, 2.24) is 10.3 Å². The number of aromatic nitrogens is 1.